The Morgan fingerprint density at radius 3 is 3.20 bits per heavy atom. The normalized spacial score (nSPS) is 18.1. The number of rotatable bonds is 2. The van der Waals surface area contributed by atoms with E-state index in [0.717, 1.165) is 16.9 Å². The highest BCUT2D eigenvalue weighted by atomic mass is 16.4. The van der Waals surface area contributed by atoms with Crippen molar-refractivity contribution in [2.45, 2.75) is 19.4 Å². The van der Waals surface area contributed by atoms with E-state index in [1.807, 2.05) is 25.1 Å². The van der Waals surface area contributed by atoms with E-state index in [9.17, 15) is 4.79 Å². The second-order valence-electron chi connectivity index (χ2n) is 3.64. The van der Waals surface area contributed by atoms with Crippen LogP contribution in [-0.4, -0.2) is 22.1 Å². The van der Waals surface area contributed by atoms with Crippen molar-refractivity contribution in [3.63, 3.8) is 0 Å². The molecule has 0 amide bonds. The molecule has 4 heteroatoms. The van der Waals surface area contributed by atoms with E-state index < -0.39 is 5.97 Å². The highest BCUT2D eigenvalue weighted by Crippen LogP contribution is 2.22. The van der Waals surface area contributed by atoms with Crippen LogP contribution in [0.4, 0.5) is 5.69 Å². The lowest BCUT2D eigenvalue weighted by molar-refractivity contribution is -0.136. The van der Waals surface area contributed by atoms with Gasteiger partial charge in [0.2, 0.25) is 0 Å². The molecular formula is C11H12N2O2. The third kappa shape index (κ3) is 2.15. The van der Waals surface area contributed by atoms with Gasteiger partial charge in [0.1, 0.15) is 0 Å². The van der Waals surface area contributed by atoms with Gasteiger partial charge in [-0.1, -0.05) is 6.08 Å². The van der Waals surface area contributed by atoms with Crippen molar-refractivity contribution in [3.05, 3.63) is 29.6 Å². The lowest BCUT2D eigenvalue weighted by Gasteiger charge is -2.18. The first-order valence-corrected chi connectivity index (χ1v) is 4.80. The SMILES string of the molecule is CC1C=Cc2ncc(CC(=O)O)cc2N1. The maximum atomic E-state index is 10.5. The molecule has 1 aromatic rings. The minimum absolute atomic E-state index is 0.0139. The molecule has 1 aliphatic heterocycles. The molecule has 0 radical (unpaired) electrons. The van der Waals surface area contributed by atoms with Crippen LogP contribution in [0.25, 0.3) is 6.08 Å². The Bertz CT molecular complexity index is 427. The van der Waals surface area contributed by atoms with Crippen molar-refractivity contribution in [2.24, 2.45) is 0 Å². The van der Waals surface area contributed by atoms with E-state index in [1.54, 1.807) is 6.20 Å². The number of aromatic nitrogens is 1. The Morgan fingerprint density at radius 2 is 2.47 bits per heavy atom. The first-order valence-electron chi connectivity index (χ1n) is 4.80. The van der Waals surface area contributed by atoms with Crippen LogP contribution in [0.1, 0.15) is 18.2 Å². The smallest absolute Gasteiger partial charge is 0.307 e. The van der Waals surface area contributed by atoms with Crippen molar-refractivity contribution < 1.29 is 9.90 Å². The number of aliphatic carboxylic acids is 1. The van der Waals surface area contributed by atoms with Crippen LogP contribution in [-0.2, 0) is 11.2 Å². The standard InChI is InChI=1S/C11H12N2O2/c1-7-2-3-9-10(13-7)4-8(6-12-9)5-11(14)15/h2-4,6-7,13H,5H2,1H3,(H,14,15). The van der Waals surface area contributed by atoms with Crippen LogP contribution in [0.5, 0.6) is 0 Å². The maximum absolute atomic E-state index is 10.5. The monoisotopic (exact) mass is 204 g/mol. The Labute approximate surface area is 87.7 Å². The molecule has 0 aliphatic carbocycles. The zero-order valence-electron chi connectivity index (χ0n) is 8.40. The fourth-order valence-electron chi connectivity index (χ4n) is 1.57. The highest BCUT2D eigenvalue weighted by molar-refractivity contribution is 5.73. The van der Waals surface area contributed by atoms with Gasteiger partial charge in [0.25, 0.3) is 0 Å². The highest BCUT2D eigenvalue weighted by Gasteiger charge is 2.11. The summed E-state index contributed by atoms with van der Waals surface area (Å²) in [4.78, 5) is 14.7. The second-order valence-corrected chi connectivity index (χ2v) is 3.64. The summed E-state index contributed by atoms with van der Waals surface area (Å²) in [6.07, 6.45) is 5.59. The van der Waals surface area contributed by atoms with Crippen molar-refractivity contribution in [1.82, 2.24) is 4.98 Å². The van der Waals surface area contributed by atoms with Crippen LogP contribution in [0.3, 0.4) is 0 Å². The molecule has 0 fully saturated rings. The molecular weight excluding hydrogens is 192 g/mol. The molecule has 4 nitrogen and oxygen atoms in total. The van der Waals surface area contributed by atoms with Gasteiger partial charge < -0.3 is 10.4 Å². The molecule has 15 heavy (non-hydrogen) atoms. The molecule has 1 atom stereocenters. The molecule has 2 N–H and O–H groups in total. The summed E-state index contributed by atoms with van der Waals surface area (Å²) in [5.74, 6) is -0.837. The number of nitrogens with zero attached hydrogens (tertiary/aromatic N) is 1. The Hall–Kier alpha value is -1.84. The van der Waals surface area contributed by atoms with Gasteiger partial charge in [-0.05, 0) is 24.6 Å². The number of hydrogen-bond donors (Lipinski definition) is 2. The van der Waals surface area contributed by atoms with Crippen molar-refractivity contribution in [3.8, 4) is 0 Å². The van der Waals surface area contributed by atoms with Gasteiger partial charge in [-0.25, -0.2) is 0 Å². The minimum Gasteiger partial charge on any atom is -0.481 e. The predicted octanol–water partition coefficient (Wildman–Crippen LogP) is 1.54. The average molecular weight is 204 g/mol. The van der Waals surface area contributed by atoms with Gasteiger partial charge in [0.15, 0.2) is 0 Å². The van der Waals surface area contributed by atoms with Crippen LogP contribution in [0, 0.1) is 0 Å². The number of carbonyl (C=O) groups is 1. The Morgan fingerprint density at radius 1 is 1.67 bits per heavy atom. The fraction of sp³-hybridized carbons (Fsp3) is 0.273. The van der Waals surface area contributed by atoms with Gasteiger partial charge in [0, 0.05) is 12.2 Å². The van der Waals surface area contributed by atoms with E-state index in [1.165, 1.54) is 0 Å². The number of carboxylic acids is 1. The zero-order valence-corrected chi connectivity index (χ0v) is 8.40. The molecule has 1 unspecified atom stereocenters. The largest absolute Gasteiger partial charge is 0.481 e. The number of anilines is 1. The third-order valence-corrected chi connectivity index (χ3v) is 2.26. The molecule has 0 saturated heterocycles. The van der Waals surface area contributed by atoms with Gasteiger partial charge in [-0.15, -0.1) is 0 Å². The second kappa shape index (κ2) is 3.73. The van der Waals surface area contributed by atoms with Crippen LogP contribution in [0.15, 0.2) is 18.3 Å². The fourth-order valence-corrected chi connectivity index (χ4v) is 1.57. The molecule has 0 spiro atoms. The predicted molar refractivity (Wildman–Crippen MR) is 57.7 cm³/mol. The maximum Gasteiger partial charge on any atom is 0.307 e. The molecule has 1 aliphatic rings. The minimum atomic E-state index is -0.837. The lowest BCUT2D eigenvalue weighted by Crippen LogP contribution is -2.17. The summed E-state index contributed by atoms with van der Waals surface area (Å²) in [7, 11) is 0. The third-order valence-electron chi connectivity index (χ3n) is 2.26. The summed E-state index contributed by atoms with van der Waals surface area (Å²) >= 11 is 0. The van der Waals surface area contributed by atoms with E-state index in [-0.39, 0.29) is 12.5 Å². The molecule has 2 heterocycles. The summed E-state index contributed by atoms with van der Waals surface area (Å²) in [5, 5.41) is 11.9. The first-order chi connectivity index (χ1) is 7.15. The van der Waals surface area contributed by atoms with Crippen molar-refractivity contribution in [2.75, 3.05) is 5.32 Å². The average Bonchev–Trinajstić information content (AvgIpc) is 2.16. The number of nitrogens with one attached hydrogen (secondary N) is 1. The van der Waals surface area contributed by atoms with Gasteiger partial charge in [0.05, 0.1) is 17.8 Å². The summed E-state index contributed by atoms with van der Waals surface area (Å²) in [6, 6.07) is 2.11. The van der Waals surface area contributed by atoms with Crippen molar-refractivity contribution in [1.29, 1.82) is 0 Å². The van der Waals surface area contributed by atoms with Gasteiger partial charge >= 0.3 is 5.97 Å². The van der Waals surface area contributed by atoms with E-state index >= 15 is 0 Å². The van der Waals surface area contributed by atoms with Crippen molar-refractivity contribution >= 4 is 17.7 Å². The van der Waals surface area contributed by atoms with E-state index in [0.29, 0.717) is 0 Å². The molecule has 1 aromatic heterocycles. The topological polar surface area (TPSA) is 62.2 Å². The number of fused-ring (bicyclic) bond motifs is 1. The van der Waals surface area contributed by atoms with Gasteiger partial charge in [-0.3, -0.25) is 9.78 Å². The zero-order chi connectivity index (χ0) is 10.8. The number of pyridine rings is 1. The molecule has 2 rings (SSSR count). The van der Waals surface area contributed by atoms with Crippen LogP contribution >= 0.6 is 0 Å². The molecule has 0 bridgehead atoms. The van der Waals surface area contributed by atoms with E-state index in [2.05, 4.69) is 10.3 Å². The number of carboxylic acid groups (broad SMARTS) is 1. The summed E-state index contributed by atoms with van der Waals surface area (Å²) < 4.78 is 0. The van der Waals surface area contributed by atoms with Gasteiger partial charge in [-0.2, -0.15) is 0 Å². The first kappa shape index (κ1) is 9.71. The van der Waals surface area contributed by atoms with Crippen LogP contribution < -0.4 is 5.32 Å². The Kier molecular flexibility index (Phi) is 2.41. The number of hydrogen-bond acceptors (Lipinski definition) is 3. The quantitative estimate of drug-likeness (QED) is 0.767. The molecule has 0 aromatic carbocycles. The Balaban J connectivity index is 2.30. The molecule has 0 saturated carbocycles. The van der Waals surface area contributed by atoms with Crippen LogP contribution in [0.2, 0.25) is 0 Å². The summed E-state index contributed by atoms with van der Waals surface area (Å²) in [5.41, 5.74) is 2.49. The van der Waals surface area contributed by atoms with E-state index in [4.69, 9.17) is 5.11 Å². The lowest BCUT2D eigenvalue weighted by atomic mass is 10.1. The molecule has 78 valence electrons. The summed E-state index contributed by atoms with van der Waals surface area (Å²) in [6.45, 7) is 2.03.